The molecule has 8 heteroatoms. The number of fused-ring (bicyclic) bond motifs is 2. The summed E-state index contributed by atoms with van der Waals surface area (Å²) in [6, 6.07) is 13.4. The molecule has 1 atom stereocenters. The average molecular weight is 519 g/mol. The van der Waals surface area contributed by atoms with Crippen molar-refractivity contribution in [1.29, 1.82) is 0 Å². The van der Waals surface area contributed by atoms with Crippen LogP contribution in [0.4, 0.5) is 0 Å². The van der Waals surface area contributed by atoms with Crippen LogP contribution in [-0.2, 0) is 11.2 Å². The Morgan fingerprint density at radius 3 is 2.73 bits per heavy atom. The summed E-state index contributed by atoms with van der Waals surface area (Å²) in [4.78, 5) is 32.2. The Labute approximate surface area is 220 Å². The fraction of sp³-hybridized carbons (Fsp3) is 0.379. The number of aryl methyl sites for hydroxylation is 2. The summed E-state index contributed by atoms with van der Waals surface area (Å²) in [6.07, 6.45) is 2.65. The van der Waals surface area contributed by atoms with Crippen molar-refractivity contribution >= 4 is 23.2 Å². The fourth-order valence-corrected chi connectivity index (χ4v) is 6.12. The molecule has 0 spiro atoms. The van der Waals surface area contributed by atoms with Gasteiger partial charge in [-0.15, -0.1) is 11.3 Å². The molecule has 37 heavy (non-hydrogen) atoms. The lowest BCUT2D eigenvalue weighted by molar-refractivity contribution is -0.135. The third-order valence-corrected chi connectivity index (χ3v) is 8.31. The van der Waals surface area contributed by atoms with Gasteiger partial charge in [0.25, 0.3) is 5.91 Å². The monoisotopic (exact) mass is 518 g/mol. The van der Waals surface area contributed by atoms with Crippen LogP contribution in [0.3, 0.4) is 0 Å². The molecule has 6 rings (SSSR count). The quantitative estimate of drug-likeness (QED) is 0.445. The number of rotatable bonds is 7. The number of benzene rings is 2. The summed E-state index contributed by atoms with van der Waals surface area (Å²) in [5, 5.41) is 2.09. The molecule has 2 aliphatic heterocycles. The van der Waals surface area contributed by atoms with E-state index in [0.717, 1.165) is 36.1 Å². The molecule has 7 nitrogen and oxygen atoms in total. The minimum atomic E-state index is -0.190. The Kier molecular flexibility index (Phi) is 6.28. The van der Waals surface area contributed by atoms with E-state index < -0.39 is 0 Å². The molecule has 1 aliphatic carbocycles. The number of carbonyl (C=O) groups excluding carboxylic acids is 2. The van der Waals surface area contributed by atoms with Gasteiger partial charge < -0.3 is 24.0 Å². The van der Waals surface area contributed by atoms with Gasteiger partial charge in [0.15, 0.2) is 11.5 Å². The molecule has 0 bridgehead atoms. The van der Waals surface area contributed by atoms with Gasteiger partial charge in [0.05, 0.1) is 6.04 Å². The first-order chi connectivity index (χ1) is 18.0. The molecule has 2 aromatic carbocycles. The average Bonchev–Trinajstić information content (AvgIpc) is 3.42. The van der Waals surface area contributed by atoms with Crippen LogP contribution in [-0.4, -0.2) is 54.1 Å². The van der Waals surface area contributed by atoms with Gasteiger partial charge in [-0.25, -0.2) is 0 Å². The standard InChI is InChI=1S/C29H30N2O5S/c1-18-3-7-24(19(2)13-18)34-16-23-22-10-12-37-27(22)9-11-30(23)28(32)15-31(21-5-6-21)29(33)20-4-8-25-26(14-20)36-17-35-25/h3-4,7-8,10,12-14,21,23H,5-6,9,11,15-17H2,1-2H3/t23-/m1/s1. The van der Waals surface area contributed by atoms with Crippen LogP contribution >= 0.6 is 11.3 Å². The van der Waals surface area contributed by atoms with Crippen molar-refractivity contribution in [3.05, 3.63) is 75.0 Å². The minimum absolute atomic E-state index is 0.0490. The lowest BCUT2D eigenvalue weighted by Crippen LogP contribution is -2.48. The van der Waals surface area contributed by atoms with Gasteiger partial charge in [-0.2, -0.15) is 0 Å². The van der Waals surface area contributed by atoms with Gasteiger partial charge in [-0.05, 0) is 79.9 Å². The highest BCUT2D eigenvalue weighted by molar-refractivity contribution is 7.10. The molecule has 0 saturated heterocycles. The maximum atomic E-state index is 13.8. The van der Waals surface area contributed by atoms with Crippen LogP contribution in [0.15, 0.2) is 47.8 Å². The smallest absolute Gasteiger partial charge is 0.254 e. The highest BCUT2D eigenvalue weighted by atomic mass is 32.1. The Balaban J connectivity index is 1.21. The molecule has 192 valence electrons. The van der Waals surface area contributed by atoms with Crippen molar-refractivity contribution in [2.75, 3.05) is 26.5 Å². The van der Waals surface area contributed by atoms with Crippen molar-refractivity contribution in [1.82, 2.24) is 9.80 Å². The van der Waals surface area contributed by atoms with E-state index >= 15 is 0 Å². The molecule has 2 amide bonds. The fourth-order valence-electron chi connectivity index (χ4n) is 5.19. The first-order valence-electron chi connectivity index (χ1n) is 12.7. The third-order valence-electron chi connectivity index (χ3n) is 7.32. The molecular weight excluding hydrogens is 488 g/mol. The molecule has 1 aromatic heterocycles. The van der Waals surface area contributed by atoms with Crippen LogP contribution in [0.25, 0.3) is 0 Å². The van der Waals surface area contributed by atoms with Gasteiger partial charge in [-0.3, -0.25) is 9.59 Å². The van der Waals surface area contributed by atoms with Gasteiger partial charge in [-0.1, -0.05) is 17.7 Å². The zero-order valence-corrected chi connectivity index (χ0v) is 21.9. The van der Waals surface area contributed by atoms with Crippen LogP contribution in [0, 0.1) is 13.8 Å². The third kappa shape index (κ3) is 4.78. The Morgan fingerprint density at radius 2 is 1.92 bits per heavy atom. The summed E-state index contributed by atoms with van der Waals surface area (Å²) < 4.78 is 17.1. The summed E-state index contributed by atoms with van der Waals surface area (Å²) in [5.41, 5.74) is 3.92. The number of carbonyl (C=O) groups is 2. The molecule has 0 radical (unpaired) electrons. The second-order valence-corrected chi connectivity index (χ2v) is 11.0. The highest BCUT2D eigenvalue weighted by Gasteiger charge is 2.38. The maximum Gasteiger partial charge on any atom is 0.254 e. The zero-order valence-electron chi connectivity index (χ0n) is 21.1. The van der Waals surface area contributed by atoms with Gasteiger partial charge in [0.2, 0.25) is 12.7 Å². The van der Waals surface area contributed by atoms with Crippen LogP contribution in [0.2, 0.25) is 0 Å². The molecule has 3 aliphatic rings. The van der Waals surface area contributed by atoms with Crippen molar-refractivity contribution in [2.45, 2.75) is 45.2 Å². The lowest BCUT2D eigenvalue weighted by Gasteiger charge is -2.37. The van der Waals surface area contributed by atoms with Crippen molar-refractivity contribution in [3.8, 4) is 17.2 Å². The summed E-state index contributed by atoms with van der Waals surface area (Å²) in [6.45, 7) is 5.30. The van der Waals surface area contributed by atoms with E-state index in [2.05, 4.69) is 24.4 Å². The molecule has 0 N–H and O–H groups in total. The number of thiophene rings is 1. The number of hydrogen-bond acceptors (Lipinski definition) is 6. The van der Waals surface area contributed by atoms with Crippen molar-refractivity contribution in [3.63, 3.8) is 0 Å². The van der Waals surface area contributed by atoms with E-state index in [1.807, 2.05) is 24.0 Å². The van der Waals surface area contributed by atoms with E-state index in [-0.39, 0.29) is 37.2 Å². The minimum Gasteiger partial charge on any atom is -0.491 e. The summed E-state index contributed by atoms with van der Waals surface area (Å²) >= 11 is 1.73. The second-order valence-electron chi connectivity index (χ2n) is 9.96. The van der Waals surface area contributed by atoms with Gasteiger partial charge in [0.1, 0.15) is 18.9 Å². The van der Waals surface area contributed by atoms with E-state index in [4.69, 9.17) is 14.2 Å². The zero-order chi connectivity index (χ0) is 25.5. The molecule has 3 heterocycles. The summed E-state index contributed by atoms with van der Waals surface area (Å²) in [7, 11) is 0. The molecule has 3 aromatic rings. The Hall–Kier alpha value is -3.52. The molecule has 1 saturated carbocycles. The van der Waals surface area contributed by atoms with E-state index in [1.54, 1.807) is 34.4 Å². The topological polar surface area (TPSA) is 68.3 Å². The number of ether oxygens (including phenoxy) is 3. The SMILES string of the molecule is Cc1ccc(OC[C@@H]2c3ccsc3CCN2C(=O)CN(C(=O)c2ccc3c(c2)OCO3)C2CC2)c(C)c1. The molecule has 1 fully saturated rings. The largest absolute Gasteiger partial charge is 0.491 e. The molecule has 0 unspecified atom stereocenters. The van der Waals surface area contributed by atoms with Crippen LogP contribution < -0.4 is 14.2 Å². The van der Waals surface area contributed by atoms with E-state index in [1.165, 1.54) is 10.4 Å². The number of amides is 2. The van der Waals surface area contributed by atoms with Gasteiger partial charge in [0, 0.05) is 23.0 Å². The second kappa shape index (κ2) is 9.74. The summed E-state index contributed by atoms with van der Waals surface area (Å²) in [5.74, 6) is 1.84. The first kappa shape index (κ1) is 23.9. The predicted octanol–water partition coefficient (Wildman–Crippen LogP) is 4.90. The van der Waals surface area contributed by atoms with Crippen LogP contribution in [0.5, 0.6) is 17.2 Å². The van der Waals surface area contributed by atoms with Crippen molar-refractivity contribution < 1.29 is 23.8 Å². The van der Waals surface area contributed by atoms with E-state index in [0.29, 0.717) is 30.2 Å². The predicted molar refractivity (Wildman–Crippen MR) is 141 cm³/mol. The van der Waals surface area contributed by atoms with E-state index in [9.17, 15) is 9.59 Å². The maximum absolute atomic E-state index is 13.8. The number of nitrogens with zero attached hydrogens (tertiary/aromatic N) is 2. The first-order valence-corrected chi connectivity index (χ1v) is 13.6. The van der Waals surface area contributed by atoms with Crippen molar-refractivity contribution in [2.24, 2.45) is 0 Å². The highest BCUT2D eigenvalue weighted by Crippen LogP contribution is 2.37. The number of hydrogen-bond donors (Lipinski definition) is 0. The Bertz CT molecular complexity index is 1350. The Morgan fingerprint density at radius 1 is 1.08 bits per heavy atom. The van der Waals surface area contributed by atoms with Crippen LogP contribution in [0.1, 0.15) is 50.8 Å². The molecular formula is C29H30N2O5S. The normalized spacial score (nSPS) is 17.9. The van der Waals surface area contributed by atoms with Gasteiger partial charge >= 0.3 is 0 Å². The lowest BCUT2D eigenvalue weighted by atomic mass is 10.00.